The Labute approximate surface area is 148 Å². The van der Waals surface area contributed by atoms with Crippen molar-refractivity contribution in [3.05, 3.63) is 84.4 Å². The van der Waals surface area contributed by atoms with Gasteiger partial charge in [-0.3, -0.25) is 0 Å². The highest BCUT2D eigenvalue weighted by Gasteiger charge is 2.08. The van der Waals surface area contributed by atoms with Gasteiger partial charge >= 0.3 is 0 Å². The minimum Gasteiger partial charge on any atom is -0.367 e. The topological polar surface area (TPSA) is 31.9 Å². The van der Waals surface area contributed by atoms with Gasteiger partial charge in [0.1, 0.15) is 5.82 Å². The number of anilines is 1. The summed E-state index contributed by atoms with van der Waals surface area (Å²) in [7, 11) is 0. The van der Waals surface area contributed by atoms with Crippen molar-refractivity contribution in [1.82, 2.24) is 9.97 Å². The van der Waals surface area contributed by atoms with Gasteiger partial charge < -0.3 is 9.88 Å². The summed E-state index contributed by atoms with van der Waals surface area (Å²) >= 11 is 0. The van der Waals surface area contributed by atoms with E-state index in [1.165, 1.54) is 11.3 Å². The molecule has 3 nitrogen and oxygen atoms in total. The zero-order chi connectivity index (χ0) is 17.1. The third-order valence-electron chi connectivity index (χ3n) is 4.49. The van der Waals surface area contributed by atoms with Gasteiger partial charge in [-0.25, -0.2) is 4.98 Å². The number of aromatic nitrogens is 2. The minimum absolute atomic E-state index is 0.916. The van der Waals surface area contributed by atoms with Gasteiger partial charge in [0.15, 0.2) is 0 Å². The summed E-state index contributed by atoms with van der Waals surface area (Å²) < 4.78 is 0. The molecule has 0 unspecified atom stereocenters. The van der Waals surface area contributed by atoms with E-state index in [0.29, 0.717) is 0 Å². The summed E-state index contributed by atoms with van der Waals surface area (Å²) in [6.45, 7) is 4.08. The standard InChI is InChI=1S/C22H21N3/c1-2-25(16-17-8-4-3-5-9-17)19-14-12-18(13-15-19)22-23-20-10-6-7-11-21(20)24-22/h3-15H,2,16H2,1H3,(H,23,24). The predicted octanol–water partition coefficient (Wildman–Crippen LogP) is 5.26. The Bertz CT molecular complexity index is 922. The van der Waals surface area contributed by atoms with Crippen LogP contribution >= 0.6 is 0 Å². The van der Waals surface area contributed by atoms with Crippen LogP contribution in [-0.2, 0) is 6.54 Å². The first-order valence-electron chi connectivity index (χ1n) is 8.67. The summed E-state index contributed by atoms with van der Waals surface area (Å²) in [4.78, 5) is 10.4. The number of hydrogen-bond acceptors (Lipinski definition) is 2. The van der Waals surface area contributed by atoms with Crippen molar-refractivity contribution in [2.24, 2.45) is 0 Å². The molecule has 0 radical (unpaired) electrons. The van der Waals surface area contributed by atoms with Gasteiger partial charge in [0.05, 0.1) is 11.0 Å². The molecule has 0 bridgehead atoms. The highest BCUT2D eigenvalue weighted by Crippen LogP contribution is 2.24. The van der Waals surface area contributed by atoms with E-state index in [1.54, 1.807) is 0 Å². The number of para-hydroxylation sites is 2. The van der Waals surface area contributed by atoms with Crippen LogP contribution in [0.1, 0.15) is 12.5 Å². The predicted molar refractivity (Wildman–Crippen MR) is 105 cm³/mol. The number of hydrogen-bond donors (Lipinski definition) is 1. The van der Waals surface area contributed by atoms with Crippen LogP contribution < -0.4 is 4.90 Å². The molecule has 0 aliphatic heterocycles. The SMILES string of the molecule is CCN(Cc1ccccc1)c1ccc(-c2nc3ccccc3[nH]2)cc1. The van der Waals surface area contributed by atoms with E-state index < -0.39 is 0 Å². The molecule has 0 spiro atoms. The maximum atomic E-state index is 4.68. The Hall–Kier alpha value is -3.07. The molecule has 0 aliphatic rings. The average Bonchev–Trinajstić information content (AvgIpc) is 3.11. The number of benzene rings is 3. The maximum absolute atomic E-state index is 4.68. The fourth-order valence-corrected chi connectivity index (χ4v) is 3.11. The van der Waals surface area contributed by atoms with Crippen molar-refractivity contribution in [3.8, 4) is 11.4 Å². The van der Waals surface area contributed by atoms with Crippen LogP contribution in [0.25, 0.3) is 22.4 Å². The van der Waals surface area contributed by atoms with Crippen molar-refractivity contribution in [2.45, 2.75) is 13.5 Å². The van der Waals surface area contributed by atoms with Gasteiger partial charge in [0.2, 0.25) is 0 Å². The van der Waals surface area contributed by atoms with E-state index >= 15 is 0 Å². The molecule has 3 heteroatoms. The molecule has 1 N–H and O–H groups in total. The van der Waals surface area contributed by atoms with Gasteiger partial charge in [-0.05, 0) is 48.9 Å². The molecular weight excluding hydrogens is 306 g/mol. The van der Waals surface area contributed by atoms with E-state index in [1.807, 2.05) is 18.2 Å². The molecule has 25 heavy (non-hydrogen) atoms. The van der Waals surface area contributed by atoms with Crippen LogP contribution in [0.4, 0.5) is 5.69 Å². The Balaban J connectivity index is 1.58. The van der Waals surface area contributed by atoms with E-state index in [-0.39, 0.29) is 0 Å². The lowest BCUT2D eigenvalue weighted by atomic mass is 10.1. The minimum atomic E-state index is 0.916. The molecule has 0 saturated heterocycles. The van der Waals surface area contributed by atoms with Crippen LogP contribution in [0.2, 0.25) is 0 Å². The van der Waals surface area contributed by atoms with Crippen molar-refractivity contribution < 1.29 is 0 Å². The highest BCUT2D eigenvalue weighted by molar-refractivity contribution is 5.79. The summed E-state index contributed by atoms with van der Waals surface area (Å²) in [6.07, 6.45) is 0. The molecular formula is C22H21N3. The molecule has 0 saturated carbocycles. The largest absolute Gasteiger partial charge is 0.367 e. The second-order valence-electron chi connectivity index (χ2n) is 6.15. The maximum Gasteiger partial charge on any atom is 0.138 e. The summed E-state index contributed by atoms with van der Waals surface area (Å²) in [6, 6.07) is 27.3. The zero-order valence-corrected chi connectivity index (χ0v) is 14.3. The molecule has 4 rings (SSSR count). The second-order valence-corrected chi connectivity index (χ2v) is 6.15. The second kappa shape index (κ2) is 6.81. The van der Waals surface area contributed by atoms with Crippen molar-refractivity contribution >= 4 is 16.7 Å². The lowest BCUT2D eigenvalue weighted by Crippen LogP contribution is -2.21. The van der Waals surface area contributed by atoms with Crippen LogP contribution in [0, 0.1) is 0 Å². The third kappa shape index (κ3) is 3.26. The first kappa shape index (κ1) is 15.5. The normalized spacial score (nSPS) is 10.9. The number of fused-ring (bicyclic) bond motifs is 1. The highest BCUT2D eigenvalue weighted by atomic mass is 15.1. The first-order valence-corrected chi connectivity index (χ1v) is 8.67. The molecule has 0 amide bonds. The summed E-state index contributed by atoms with van der Waals surface area (Å²) in [5.74, 6) is 0.916. The van der Waals surface area contributed by atoms with E-state index in [2.05, 4.69) is 82.5 Å². The number of nitrogens with zero attached hydrogens (tertiary/aromatic N) is 2. The van der Waals surface area contributed by atoms with E-state index in [9.17, 15) is 0 Å². The van der Waals surface area contributed by atoms with Crippen molar-refractivity contribution in [2.75, 3.05) is 11.4 Å². The molecule has 1 heterocycles. The number of H-pyrrole nitrogens is 1. The quantitative estimate of drug-likeness (QED) is 0.542. The van der Waals surface area contributed by atoms with Gasteiger partial charge in [-0.1, -0.05) is 42.5 Å². The fraction of sp³-hybridized carbons (Fsp3) is 0.136. The lowest BCUT2D eigenvalue weighted by Gasteiger charge is -2.23. The summed E-state index contributed by atoms with van der Waals surface area (Å²) in [5, 5.41) is 0. The van der Waals surface area contributed by atoms with Crippen LogP contribution in [0.5, 0.6) is 0 Å². The third-order valence-corrected chi connectivity index (χ3v) is 4.49. The number of nitrogens with one attached hydrogen (secondary N) is 1. The van der Waals surface area contributed by atoms with Gasteiger partial charge in [-0.2, -0.15) is 0 Å². The summed E-state index contributed by atoms with van der Waals surface area (Å²) in [5.41, 5.74) is 5.73. The average molecular weight is 327 g/mol. The van der Waals surface area contributed by atoms with Crippen LogP contribution in [-0.4, -0.2) is 16.5 Å². The molecule has 0 fully saturated rings. The van der Waals surface area contributed by atoms with E-state index in [0.717, 1.165) is 35.5 Å². The molecule has 124 valence electrons. The van der Waals surface area contributed by atoms with Crippen LogP contribution in [0.15, 0.2) is 78.9 Å². The molecule has 4 aromatic rings. The van der Waals surface area contributed by atoms with Crippen molar-refractivity contribution in [3.63, 3.8) is 0 Å². The Kier molecular flexibility index (Phi) is 4.21. The van der Waals surface area contributed by atoms with Crippen molar-refractivity contribution in [1.29, 1.82) is 0 Å². The monoisotopic (exact) mass is 327 g/mol. The van der Waals surface area contributed by atoms with Crippen LogP contribution in [0.3, 0.4) is 0 Å². The van der Waals surface area contributed by atoms with Gasteiger partial charge in [0.25, 0.3) is 0 Å². The Morgan fingerprint density at radius 2 is 1.56 bits per heavy atom. The Morgan fingerprint density at radius 1 is 0.840 bits per heavy atom. The van der Waals surface area contributed by atoms with E-state index in [4.69, 9.17) is 0 Å². The smallest absolute Gasteiger partial charge is 0.138 e. The Morgan fingerprint density at radius 3 is 2.28 bits per heavy atom. The first-order chi connectivity index (χ1) is 12.3. The lowest BCUT2D eigenvalue weighted by molar-refractivity contribution is 0.832. The number of rotatable bonds is 5. The number of aromatic amines is 1. The molecule has 0 atom stereocenters. The van der Waals surface area contributed by atoms with Gasteiger partial charge in [0, 0.05) is 24.3 Å². The number of imidazole rings is 1. The molecule has 0 aliphatic carbocycles. The van der Waals surface area contributed by atoms with Gasteiger partial charge in [-0.15, -0.1) is 0 Å². The molecule has 3 aromatic carbocycles. The fourth-order valence-electron chi connectivity index (χ4n) is 3.11. The molecule has 1 aromatic heterocycles. The zero-order valence-electron chi connectivity index (χ0n) is 14.3.